The fourth-order valence-electron chi connectivity index (χ4n) is 2.44. The average molecular weight is 286 g/mol. The first-order chi connectivity index (χ1) is 10.0. The van der Waals surface area contributed by atoms with Crippen LogP contribution in [0.4, 0.5) is 0 Å². The molecule has 1 amide bonds. The molecule has 1 fully saturated rings. The van der Waals surface area contributed by atoms with Gasteiger partial charge in [-0.05, 0) is 38.8 Å². The maximum Gasteiger partial charge on any atom is 0.252 e. The molecule has 2 rings (SSSR count). The molecule has 4 nitrogen and oxygen atoms in total. The highest BCUT2D eigenvalue weighted by Crippen LogP contribution is 2.24. The van der Waals surface area contributed by atoms with Gasteiger partial charge in [0.05, 0.1) is 17.7 Å². The van der Waals surface area contributed by atoms with Crippen molar-refractivity contribution < 1.29 is 9.53 Å². The Hall–Kier alpha value is -1.83. The highest BCUT2D eigenvalue weighted by molar-refractivity contribution is 5.97. The number of ether oxygens (including phenoxy) is 1. The van der Waals surface area contributed by atoms with E-state index in [9.17, 15) is 4.79 Å². The first kappa shape index (κ1) is 15.6. The average Bonchev–Trinajstić information content (AvgIpc) is 2.91. The Morgan fingerprint density at radius 1 is 1.52 bits per heavy atom. The van der Waals surface area contributed by atoms with Crippen LogP contribution in [-0.2, 0) is 4.74 Å². The van der Waals surface area contributed by atoms with Crippen molar-refractivity contribution >= 4 is 5.91 Å². The molecule has 0 saturated carbocycles. The Kier molecular flexibility index (Phi) is 5.00. The van der Waals surface area contributed by atoms with Crippen molar-refractivity contribution in [3.63, 3.8) is 0 Å². The monoisotopic (exact) mass is 286 g/mol. The Labute approximate surface area is 126 Å². The third-order valence-corrected chi connectivity index (χ3v) is 3.67. The summed E-state index contributed by atoms with van der Waals surface area (Å²) in [5, 5.41) is 2.96. The van der Waals surface area contributed by atoms with E-state index in [-0.39, 0.29) is 18.1 Å². The fraction of sp³-hybridized carbons (Fsp3) is 0.471. The largest absolute Gasteiger partial charge is 0.373 e. The van der Waals surface area contributed by atoms with Crippen molar-refractivity contribution in [1.82, 2.24) is 5.32 Å². The molecule has 0 aromatic heterocycles. The Balaban J connectivity index is 2.12. The number of hydrogen-bond acceptors (Lipinski definition) is 3. The highest BCUT2D eigenvalue weighted by atomic mass is 16.5. The minimum Gasteiger partial charge on any atom is -0.373 e. The van der Waals surface area contributed by atoms with Crippen molar-refractivity contribution in [2.45, 2.75) is 32.3 Å². The summed E-state index contributed by atoms with van der Waals surface area (Å²) < 4.78 is 5.69. The molecule has 4 heteroatoms. The van der Waals surface area contributed by atoms with Crippen LogP contribution in [0.15, 0.2) is 18.2 Å². The minimum atomic E-state index is -0.247. The van der Waals surface area contributed by atoms with Crippen LogP contribution in [0, 0.1) is 18.8 Å². The number of carbonyl (C=O) groups excluding carboxylic acids is 1. The SMILES string of the molecule is Cc1ccc(C#CCN)c(C(=O)NCC2(C)CCCO2)c1. The standard InChI is InChI=1S/C17H22N2O2/c1-13-6-7-14(5-3-9-18)15(11-13)16(20)19-12-17(2)8-4-10-21-17/h6-7,11H,4,8-10,12,18H2,1-2H3,(H,19,20). The molecule has 0 radical (unpaired) electrons. The van der Waals surface area contributed by atoms with Gasteiger partial charge in [0.25, 0.3) is 5.91 Å². The van der Waals surface area contributed by atoms with Crippen molar-refractivity contribution in [2.24, 2.45) is 5.73 Å². The molecule has 0 spiro atoms. The molecule has 1 saturated heterocycles. The van der Waals surface area contributed by atoms with Crippen molar-refractivity contribution in [1.29, 1.82) is 0 Å². The van der Waals surface area contributed by atoms with Gasteiger partial charge < -0.3 is 15.8 Å². The zero-order chi connectivity index (χ0) is 15.3. The number of amides is 1. The molecule has 1 aliphatic rings. The number of benzene rings is 1. The minimum absolute atomic E-state index is 0.114. The topological polar surface area (TPSA) is 64.4 Å². The van der Waals surface area contributed by atoms with Crippen LogP contribution in [0.3, 0.4) is 0 Å². The van der Waals surface area contributed by atoms with E-state index < -0.39 is 0 Å². The molecule has 1 aliphatic heterocycles. The van der Waals surface area contributed by atoms with Crippen molar-refractivity contribution in [3.05, 3.63) is 34.9 Å². The summed E-state index contributed by atoms with van der Waals surface area (Å²) in [5.74, 6) is 5.63. The van der Waals surface area contributed by atoms with Gasteiger partial charge in [0.15, 0.2) is 0 Å². The molecule has 112 valence electrons. The molecule has 1 unspecified atom stereocenters. The lowest BCUT2D eigenvalue weighted by molar-refractivity contribution is 0.0206. The maximum atomic E-state index is 12.4. The van der Waals surface area contributed by atoms with E-state index in [1.807, 2.05) is 32.0 Å². The third kappa shape index (κ3) is 4.07. The summed E-state index contributed by atoms with van der Waals surface area (Å²) >= 11 is 0. The quantitative estimate of drug-likeness (QED) is 0.830. The smallest absolute Gasteiger partial charge is 0.252 e. The lowest BCUT2D eigenvalue weighted by atomic mass is 10.0. The predicted molar refractivity (Wildman–Crippen MR) is 83.0 cm³/mol. The van der Waals surface area contributed by atoms with Gasteiger partial charge in [0.2, 0.25) is 0 Å². The van der Waals surface area contributed by atoms with Crippen LogP contribution in [-0.4, -0.2) is 31.2 Å². The summed E-state index contributed by atoms with van der Waals surface area (Å²) in [4.78, 5) is 12.4. The molecule has 0 aliphatic carbocycles. The number of nitrogens with one attached hydrogen (secondary N) is 1. The summed E-state index contributed by atoms with van der Waals surface area (Å²) in [6.07, 6.45) is 2.02. The Morgan fingerprint density at radius 2 is 2.33 bits per heavy atom. The first-order valence-electron chi connectivity index (χ1n) is 7.26. The summed E-state index contributed by atoms with van der Waals surface area (Å²) in [7, 11) is 0. The van der Waals surface area contributed by atoms with Gasteiger partial charge in [0.1, 0.15) is 0 Å². The lowest BCUT2D eigenvalue weighted by Gasteiger charge is -2.23. The number of rotatable bonds is 3. The lowest BCUT2D eigenvalue weighted by Crippen LogP contribution is -2.40. The van der Waals surface area contributed by atoms with Gasteiger partial charge in [0, 0.05) is 18.7 Å². The van der Waals surface area contributed by atoms with Gasteiger partial charge in [-0.1, -0.05) is 23.5 Å². The number of carbonyl (C=O) groups is 1. The first-order valence-corrected chi connectivity index (χ1v) is 7.26. The zero-order valence-corrected chi connectivity index (χ0v) is 12.7. The van der Waals surface area contributed by atoms with E-state index in [1.165, 1.54) is 0 Å². The Bertz CT molecular complexity index is 578. The highest BCUT2D eigenvalue weighted by Gasteiger charge is 2.30. The van der Waals surface area contributed by atoms with Gasteiger partial charge in [-0.25, -0.2) is 0 Å². The number of nitrogens with two attached hydrogens (primary N) is 1. The molecule has 21 heavy (non-hydrogen) atoms. The van der Waals surface area contributed by atoms with Gasteiger partial charge >= 0.3 is 0 Å². The van der Waals surface area contributed by atoms with Crippen LogP contribution in [0.2, 0.25) is 0 Å². The summed E-state index contributed by atoms with van der Waals surface area (Å²) in [5.41, 5.74) is 7.49. The van der Waals surface area contributed by atoms with E-state index >= 15 is 0 Å². The van der Waals surface area contributed by atoms with E-state index in [2.05, 4.69) is 17.2 Å². The molecular weight excluding hydrogens is 264 g/mol. The second kappa shape index (κ2) is 6.75. The molecular formula is C17H22N2O2. The Morgan fingerprint density at radius 3 is 3.00 bits per heavy atom. The molecule has 0 bridgehead atoms. The molecule has 3 N–H and O–H groups in total. The van der Waals surface area contributed by atoms with Gasteiger partial charge in [-0.2, -0.15) is 0 Å². The fourth-order valence-corrected chi connectivity index (χ4v) is 2.44. The van der Waals surface area contributed by atoms with Crippen LogP contribution < -0.4 is 11.1 Å². The van der Waals surface area contributed by atoms with Crippen molar-refractivity contribution in [3.8, 4) is 11.8 Å². The zero-order valence-electron chi connectivity index (χ0n) is 12.7. The summed E-state index contributed by atoms with van der Waals surface area (Å²) in [6, 6.07) is 5.66. The van der Waals surface area contributed by atoms with Crippen molar-refractivity contribution in [2.75, 3.05) is 19.7 Å². The third-order valence-electron chi connectivity index (χ3n) is 3.67. The van der Waals surface area contributed by atoms with E-state index in [0.29, 0.717) is 17.7 Å². The number of hydrogen-bond donors (Lipinski definition) is 2. The van der Waals surface area contributed by atoms with Crippen LogP contribution in [0.25, 0.3) is 0 Å². The van der Waals surface area contributed by atoms with E-state index in [0.717, 1.165) is 25.0 Å². The van der Waals surface area contributed by atoms with Crippen LogP contribution in [0.5, 0.6) is 0 Å². The molecule has 1 aromatic rings. The van der Waals surface area contributed by atoms with Crippen LogP contribution >= 0.6 is 0 Å². The van der Waals surface area contributed by atoms with Crippen LogP contribution in [0.1, 0.15) is 41.3 Å². The van der Waals surface area contributed by atoms with Gasteiger partial charge in [-0.15, -0.1) is 0 Å². The number of aryl methyl sites for hydroxylation is 1. The maximum absolute atomic E-state index is 12.4. The van der Waals surface area contributed by atoms with E-state index in [1.54, 1.807) is 0 Å². The van der Waals surface area contributed by atoms with Gasteiger partial charge in [-0.3, -0.25) is 4.79 Å². The molecule has 1 atom stereocenters. The second-order valence-corrected chi connectivity index (χ2v) is 5.64. The second-order valence-electron chi connectivity index (χ2n) is 5.64. The normalized spacial score (nSPS) is 20.7. The summed E-state index contributed by atoms with van der Waals surface area (Å²) in [6.45, 7) is 5.55. The molecule has 1 aromatic carbocycles. The molecule has 1 heterocycles. The predicted octanol–water partition coefficient (Wildman–Crippen LogP) is 1.60. The van der Waals surface area contributed by atoms with E-state index in [4.69, 9.17) is 10.5 Å².